The van der Waals surface area contributed by atoms with Gasteiger partial charge in [0.25, 0.3) is 0 Å². The molecule has 0 bridgehead atoms. The minimum absolute atomic E-state index is 0.0329. The third-order valence-corrected chi connectivity index (χ3v) is 5.99. The van der Waals surface area contributed by atoms with Crippen LogP contribution in [0.5, 0.6) is 0 Å². The third-order valence-electron chi connectivity index (χ3n) is 5.99. The van der Waals surface area contributed by atoms with Crippen molar-refractivity contribution in [3.05, 3.63) is 59.7 Å². The number of carboxylic acid groups (broad SMARTS) is 1. The normalized spacial score (nSPS) is 17.7. The fraction of sp³-hybridized carbons (Fsp3) is 0.333. The smallest absolute Gasteiger partial charge is 0.407 e. The van der Waals surface area contributed by atoms with E-state index in [1.54, 1.807) is 6.92 Å². The highest BCUT2D eigenvalue weighted by atomic mass is 16.5. The van der Waals surface area contributed by atoms with Crippen molar-refractivity contribution in [3.8, 4) is 11.1 Å². The molecule has 2 aromatic carbocycles. The number of hydrogen-bond acceptors (Lipinski definition) is 5. The summed E-state index contributed by atoms with van der Waals surface area (Å²) in [5, 5.41) is 12.7. The lowest BCUT2D eigenvalue weighted by atomic mass is 9.98. The van der Waals surface area contributed by atoms with Crippen molar-refractivity contribution in [2.24, 2.45) is 0 Å². The summed E-state index contributed by atoms with van der Waals surface area (Å²) in [4.78, 5) is 47.4. The van der Waals surface area contributed by atoms with E-state index >= 15 is 0 Å². The molecule has 2 unspecified atom stereocenters. The number of hydrogen-bond donors (Lipinski definition) is 3. The number of nitrogens with one attached hydrogen (secondary N) is 2. The number of carbonyl (C=O) groups is 4. The standard InChI is InChI=1S/C24H25N3O6/c1-14(10-11-22(29)27-20(23(30)31)12-21(28)26-27)25-24(32)33-13-19-17-8-4-2-6-15(17)16-7-3-5-9-18(16)19/h2-9,14,19-20H,10-13H2,1H3,(H,25,32)(H,26,28)(H,30,31). The lowest BCUT2D eigenvalue weighted by Crippen LogP contribution is -2.46. The highest BCUT2D eigenvalue weighted by molar-refractivity contribution is 5.93. The molecule has 1 aliphatic heterocycles. The Bertz CT molecular complexity index is 1060. The van der Waals surface area contributed by atoms with Gasteiger partial charge in [0.2, 0.25) is 11.8 Å². The van der Waals surface area contributed by atoms with E-state index in [4.69, 9.17) is 9.84 Å². The molecule has 1 saturated heterocycles. The van der Waals surface area contributed by atoms with Crippen molar-refractivity contribution in [2.45, 2.75) is 44.2 Å². The molecule has 1 heterocycles. The zero-order valence-corrected chi connectivity index (χ0v) is 18.1. The molecule has 0 saturated carbocycles. The van der Waals surface area contributed by atoms with Gasteiger partial charge in [-0.25, -0.2) is 14.6 Å². The predicted molar refractivity (Wildman–Crippen MR) is 118 cm³/mol. The van der Waals surface area contributed by atoms with Crippen LogP contribution in [0, 0.1) is 0 Å². The van der Waals surface area contributed by atoms with Gasteiger partial charge >= 0.3 is 12.1 Å². The Morgan fingerprint density at radius 3 is 2.33 bits per heavy atom. The number of hydrazine groups is 1. The molecule has 3 N–H and O–H groups in total. The summed E-state index contributed by atoms with van der Waals surface area (Å²) in [6, 6.07) is 14.5. The number of aliphatic carboxylic acids is 1. The highest BCUT2D eigenvalue weighted by Gasteiger charge is 2.38. The van der Waals surface area contributed by atoms with Gasteiger partial charge in [-0.1, -0.05) is 48.5 Å². The SMILES string of the molecule is CC(CCC(=O)N1NC(=O)CC1C(=O)O)NC(=O)OCC1c2ccccc2-c2ccccc21. The molecule has 1 fully saturated rings. The first-order chi connectivity index (χ1) is 15.8. The molecule has 9 nitrogen and oxygen atoms in total. The maximum atomic E-state index is 12.4. The third kappa shape index (κ3) is 4.67. The minimum atomic E-state index is -1.24. The lowest BCUT2D eigenvalue weighted by Gasteiger charge is -2.21. The highest BCUT2D eigenvalue weighted by Crippen LogP contribution is 2.44. The molecule has 0 radical (unpaired) electrons. The van der Waals surface area contributed by atoms with Crippen LogP contribution in [0.25, 0.3) is 11.1 Å². The van der Waals surface area contributed by atoms with Gasteiger partial charge in [-0.3, -0.25) is 15.0 Å². The van der Waals surface area contributed by atoms with Gasteiger partial charge in [0, 0.05) is 18.4 Å². The second kappa shape index (κ2) is 9.32. The Balaban J connectivity index is 1.28. The van der Waals surface area contributed by atoms with Gasteiger partial charge in [-0.05, 0) is 35.6 Å². The fourth-order valence-electron chi connectivity index (χ4n) is 4.33. The van der Waals surface area contributed by atoms with Crippen molar-refractivity contribution in [1.82, 2.24) is 15.8 Å². The zero-order valence-electron chi connectivity index (χ0n) is 18.1. The maximum absolute atomic E-state index is 12.4. The first-order valence-corrected chi connectivity index (χ1v) is 10.8. The number of nitrogens with zero attached hydrogens (tertiary/aromatic N) is 1. The summed E-state index contributed by atoms with van der Waals surface area (Å²) in [5.41, 5.74) is 6.79. The predicted octanol–water partition coefficient (Wildman–Crippen LogP) is 2.41. The summed E-state index contributed by atoms with van der Waals surface area (Å²) in [6.45, 7) is 1.91. The average Bonchev–Trinajstić information content (AvgIpc) is 3.34. The molecule has 2 atom stereocenters. The van der Waals surface area contributed by atoms with Crippen molar-refractivity contribution in [3.63, 3.8) is 0 Å². The summed E-state index contributed by atoms with van der Waals surface area (Å²) in [6.07, 6.45) is -0.625. The Hall–Kier alpha value is -3.88. The molecule has 2 aromatic rings. The van der Waals surface area contributed by atoms with Gasteiger partial charge in [-0.2, -0.15) is 0 Å². The van der Waals surface area contributed by atoms with E-state index in [1.807, 2.05) is 36.4 Å². The number of carboxylic acids is 1. The molecule has 3 amide bonds. The molecule has 1 aliphatic carbocycles. The topological polar surface area (TPSA) is 125 Å². The van der Waals surface area contributed by atoms with Crippen molar-refractivity contribution in [2.75, 3.05) is 6.61 Å². The number of benzene rings is 2. The van der Waals surface area contributed by atoms with Gasteiger partial charge in [-0.15, -0.1) is 0 Å². The van der Waals surface area contributed by atoms with Crippen LogP contribution < -0.4 is 10.7 Å². The minimum Gasteiger partial charge on any atom is -0.480 e. The second-order valence-corrected chi connectivity index (χ2v) is 8.27. The van der Waals surface area contributed by atoms with Gasteiger partial charge in [0.1, 0.15) is 6.61 Å². The molecule has 9 heteroatoms. The summed E-state index contributed by atoms with van der Waals surface area (Å²) in [7, 11) is 0. The quantitative estimate of drug-likeness (QED) is 0.594. The fourth-order valence-corrected chi connectivity index (χ4v) is 4.33. The van der Waals surface area contributed by atoms with E-state index in [1.165, 1.54) is 0 Å². The van der Waals surface area contributed by atoms with Gasteiger partial charge < -0.3 is 15.2 Å². The zero-order chi connectivity index (χ0) is 23.5. The number of amides is 3. The summed E-state index contributed by atoms with van der Waals surface area (Å²) >= 11 is 0. The van der Waals surface area contributed by atoms with E-state index in [0.717, 1.165) is 27.3 Å². The molecule has 172 valence electrons. The Morgan fingerprint density at radius 1 is 1.12 bits per heavy atom. The van der Waals surface area contributed by atoms with E-state index in [-0.39, 0.29) is 37.8 Å². The summed E-state index contributed by atoms with van der Waals surface area (Å²) < 4.78 is 5.50. The van der Waals surface area contributed by atoms with E-state index < -0.39 is 29.9 Å². The Labute approximate surface area is 190 Å². The number of alkyl carbamates (subject to hydrolysis) is 1. The lowest BCUT2D eigenvalue weighted by molar-refractivity contribution is -0.150. The second-order valence-electron chi connectivity index (χ2n) is 8.27. The maximum Gasteiger partial charge on any atom is 0.407 e. The van der Waals surface area contributed by atoms with Crippen LogP contribution in [0.3, 0.4) is 0 Å². The molecule has 33 heavy (non-hydrogen) atoms. The first-order valence-electron chi connectivity index (χ1n) is 10.8. The molecule has 0 spiro atoms. The average molecular weight is 451 g/mol. The van der Waals surface area contributed by atoms with E-state index in [9.17, 15) is 19.2 Å². The number of carbonyl (C=O) groups excluding carboxylic acids is 3. The Morgan fingerprint density at radius 2 is 1.73 bits per heavy atom. The van der Waals surface area contributed by atoms with E-state index in [0.29, 0.717) is 0 Å². The van der Waals surface area contributed by atoms with Crippen LogP contribution >= 0.6 is 0 Å². The molecular formula is C24H25N3O6. The molecule has 4 rings (SSSR count). The molecular weight excluding hydrogens is 426 g/mol. The van der Waals surface area contributed by atoms with Gasteiger partial charge in [0.15, 0.2) is 6.04 Å². The van der Waals surface area contributed by atoms with Crippen molar-refractivity contribution < 1.29 is 29.0 Å². The van der Waals surface area contributed by atoms with Crippen molar-refractivity contribution >= 4 is 23.9 Å². The summed E-state index contributed by atoms with van der Waals surface area (Å²) in [5.74, 6) is -2.33. The Kier molecular flexibility index (Phi) is 6.30. The van der Waals surface area contributed by atoms with Gasteiger partial charge in [0.05, 0.1) is 6.42 Å². The molecule has 2 aliphatic rings. The van der Waals surface area contributed by atoms with Crippen LogP contribution in [0.4, 0.5) is 4.79 Å². The number of ether oxygens (including phenoxy) is 1. The number of fused-ring (bicyclic) bond motifs is 3. The monoisotopic (exact) mass is 451 g/mol. The van der Waals surface area contributed by atoms with Crippen LogP contribution in [0.2, 0.25) is 0 Å². The van der Waals surface area contributed by atoms with E-state index in [2.05, 4.69) is 22.9 Å². The first kappa shape index (κ1) is 22.3. The number of rotatable bonds is 7. The largest absolute Gasteiger partial charge is 0.480 e. The van der Waals surface area contributed by atoms with Crippen LogP contribution in [0.1, 0.15) is 43.2 Å². The van der Waals surface area contributed by atoms with Crippen LogP contribution in [-0.4, -0.2) is 52.7 Å². The van der Waals surface area contributed by atoms with Crippen LogP contribution in [-0.2, 0) is 19.1 Å². The van der Waals surface area contributed by atoms with Crippen LogP contribution in [0.15, 0.2) is 48.5 Å². The molecule has 0 aromatic heterocycles. The van der Waals surface area contributed by atoms with Crippen molar-refractivity contribution in [1.29, 1.82) is 0 Å².